The molecule has 0 aliphatic rings. The first-order chi connectivity index (χ1) is 9.74. The number of hydrogen-bond donors (Lipinski definition) is 1. The van der Waals surface area contributed by atoms with Gasteiger partial charge in [-0.25, -0.2) is 4.79 Å². The fourth-order valence-corrected chi connectivity index (χ4v) is 2.95. The van der Waals surface area contributed by atoms with Gasteiger partial charge in [0, 0.05) is 10.3 Å². The second kappa shape index (κ2) is 5.31. The Morgan fingerprint density at radius 1 is 0.850 bits per heavy atom. The Balaban J connectivity index is 1.91. The lowest BCUT2D eigenvalue weighted by Crippen LogP contribution is -1.91. The lowest BCUT2D eigenvalue weighted by atomic mass is 10.0. The van der Waals surface area contributed by atoms with Crippen LogP contribution in [0.15, 0.2) is 66.0 Å². The van der Waals surface area contributed by atoms with Gasteiger partial charge in [-0.15, -0.1) is 11.3 Å². The second-order valence-electron chi connectivity index (χ2n) is 4.45. The highest BCUT2D eigenvalue weighted by molar-refractivity contribution is 7.13. The molecule has 1 N–H and O–H groups in total. The Kier molecular flexibility index (Phi) is 3.35. The quantitative estimate of drug-likeness (QED) is 0.749. The van der Waals surface area contributed by atoms with Crippen LogP contribution in [0.25, 0.3) is 21.6 Å². The van der Waals surface area contributed by atoms with Crippen LogP contribution in [0, 0.1) is 0 Å². The Morgan fingerprint density at radius 3 is 2.05 bits per heavy atom. The second-order valence-corrected chi connectivity index (χ2v) is 5.36. The number of carboxylic acid groups (broad SMARTS) is 1. The van der Waals surface area contributed by atoms with Crippen LogP contribution in [-0.2, 0) is 0 Å². The SMILES string of the molecule is O=C(O)c1csc(-c2ccc(-c3ccccc3)cc2)c1. The highest BCUT2D eigenvalue weighted by Gasteiger charge is 2.08. The van der Waals surface area contributed by atoms with Crippen molar-refractivity contribution in [1.82, 2.24) is 0 Å². The molecule has 20 heavy (non-hydrogen) atoms. The first kappa shape index (κ1) is 12.6. The minimum atomic E-state index is -0.881. The number of carboxylic acids is 1. The summed E-state index contributed by atoms with van der Waals surface area (Å²) in [6, 6.07) is 20.1. The molecule has 2 aromatic carbocycles. The van der Waals surface area contributed by atoms with Gasteiger partial charge in [-0.2, -0.15) is 0 Å². The monoisotopic (exact) mass is 280 g/mol. The van der Waals surface area contributed by atoms with Gasteiger partial charge >= 0.3 is 5.97 Å². The van der Waals surface area contributed by atoms with Crippen molar-refractivity contribution >= 4 is 17.3 Å². The van der Waals surface area contributed by atoms with E-state index in [1.807, 2.05) is 30.3 Å². The van der Waals surface area contributed by atoms with Gasteiger partial charge in [-0.1, -0.05) is 54.6 Å². The van der Waals surface area contributed by atoms with Crippen molar-refractivity contribution in [3.63, 3.8) is 0 Å². The molecule has 2 nitrogen and oxygen atoms in total. The van der Waals surface area contributed by atoms with Crippen molar-refractivity contribution < 1.29 is 9.90 Å². The molecule has 0 spiro atoms. The minimum Gasteiger partial charge on any atom is -0.478 e. The van der Waals surface area contributed by atoms with Gasteiger partial charge in [-0.05, 0) is 22.8 Å². The third-order valence-corrected chi connectivity index (χ3v) is 4.10. The zero-order chi connectivity index (χ0) is 13.9. The van der Waals surface area contributed by atoms with Crippen molar-refractivity contribution in [3.8, 4) is 21.6 Å². The number of aromatic carboxylic acids is 1. The van der Waals surface area contributed by atoms with E-state index in [0.29, 0.717) is 5.56 Å². The summed E-state index contributed by atoms with van der Waals surface area (Å²) in [6.45, 7) is 0. The van der Waals surface area contributed by atoms with Gasteiger partial charge < -0.3 is 5.11 Å². The molecule has 3 heteroatoms. The zero-order valence-corrected chi connectivity index (χ0v) is 11.4. The van der Waals surface area contributed by atoms with E-state index < -0.39 is 5.97 Å². The molecule has 0 saturated heterocycles. The summed E-state index contributed by atoms with van der Waals surface area (Å²) in [4.78, 5) is 11.9. The Hall–Kier alpha value is -2.39. The molecule has 0 bridgehead atoms. The number of hydrogen-bond acceptors (Lipinski definition) is 2. The molecule has 0 atom stereocenters. The molecular formula is C17H12O2S. The predicted molar refractivity (Wildman–Crippen MR) is 82.2 cm³/mol. The van der Waals surface area contributed by atoms with Gasteiger partial charge in [-0.3, -0.25) is 0 Å². The van der Waals surface area contributed by atoms with Gasteiger partial charge in [0.2, 0.25) is 0 Å². The fraction of sp³-hybridized carbons (Fsp3) is 0. The molecular weight excluding hydrogens is 268 g/mol. The van der Waals surface area contributed by atoms with Crippen LogP contribution < -0.4 is 0 Å². The first-order valence-electron chi connectivity index (χ1n) is 6.22. The average molecular weight is 280 g/mol. The molecule has 0 unspecified atom stereocenters. The van der Waals surface area contributed by atoms with Crippen LogP contribution in [0.3, 0.4) is 0 Å². The number of rotatable bonds is 3. The van der Waals surface area contributed by atoms with E-state index >= 15 is 0 Å². The Labute approximate surface area is 121 Å². The van der Waals surface area contributed by atoms with Gasteiger partial charge in [0.25, 0.3) is 0 Å². The van der Waals surface area contributed by atoms with Crippen molar-refractivity contribution in [1.29, 1.82) is 0 Å². The predicted octanol–water partition coefficient (Wildman–Crippen LogP) is 4.78. The van der Waals surface area contributed by atoms with Crippen LogP contribution >= 0.6 is 11.3 Å². The maximum atomic E-state index is 10.9. The zero-order valence-electron chi connectivity index (χ0n) is 10.6. The van der Waals surface area contributed by atoms with Gasteiger partial charge in [0.1, 0.15) is 0 Å². The van der Waals surface area contributed by atoms with Crippen LogP contribution in [0.5, 0.6) is 0 Å². The van der Waals surface area contributed by atoms with Crippen LogP contribution in [0.2, 0.25) is 0 Å². The average Bonchev–Trinajstić information content (AvgIpc) is 2.98. The normalized spacial score (nSPS) is 10.4. The molecule has 3 rings (SSSR count). The summed E-state index contributed by atoms with van der Waals surface area (Å²) < 4.78 is 0. The number of carbonyl (C=O) groups is 1. The van der Waals surface area contributed by atoms with Crippen LogP contribution in [-0.4, -0.2) is 11.1 Å². The Bertz CT molecular complexity index is 727. The van der Waals surface area contributed by atoms with E-state index in [1.165, 1.54) is 16.9 Å². The van der Waals surface area contributed by atoms with E-state index in [2.05, 4.69) is 24.3 Å². The number of benzene rings is 2. The van der Waals surface area contributed by atoms with Gasteiger partial charge in [0.05, 0.1) is 5.56 Å². The van der Waals surface area contributed by atoms with E-state index in [-0.39, 0.29) is 0 Å². The molecule has 1 heterocycles. The third kappa shape index (κ3) is 2.49. The van der Waals surface area contributed by atoms with E-state index in [0.717, 1.165) is 16.0 Å². The summed E-state index contributed by atoms with van der Waals surface area (Å²) >= 11 is 1.45. The van der Waals surface area contributed by atoms with Crippen LogP contribution in [0.1, 0.15) is 10.4 Å². The lowest BCUT2D eigenvalue weighted by Gasteiger charge is -2.03. The third-order valence-electron chi connectivity index (χ3n) is 3.12. The molecule has 0 fully saturated rings. The number of thiophene rings is 1. The minimum absolute atomic E-state index is 0.345. The van der Waals surface area contributed by atoms with E-state index in [1.54, 1.807) is 11.4 Å². The van der Waals surface area contributed by atoms with E-state index in [9.17, 15) is 4.79 Å². The highest BCUT2D eigenvalue weighted by Crippen LogP contribution is 2.29. The van der Waals surface area contributed by atoms with Crippen molar-refractivity contribution in [2.24, 2.45) is 0 Å². The van der Waals surface area contributed by atoms with Crippen molar-refractivity contribution in [2.75, 3.05) is 0 Å². The highest BCUT2D eigenvalue weighted by atomic mass is 32.1. The molecule has 1 aromatic heterocycles. The molecule has 0 aliphatic heterocycles. The van der Waals surface area contributed by atoms with Crippen molar-refractivity contribution in [2.45, 2.75) is 0 Å². The fourth-order valence-electron chi connectivity index (χ4n) is 2.06. The van der Waals surface area contributed by atoms with Gasteiger partial charge in [0.15, 0.2) is 0 Å². The molecule has 0 amide bonds. The molecule has 0 saturated carbocycles. The summed E-state index contributed by atoms with van der Waals surface area (Å²) in [5, 5.41) is 10.6. The first-order valence-corrected chi connectivity index (χ1v) is 7.10. The molecule has 98 valence electrons. The summed E-state index contributed by atoms with van der Waals surface area (Å²) in [7, 11) is 0. The summed E-state index contributed by atoms with van der Waals surface area (Å²) in [5.74, 6) is -0.881. The van der Waals surface area contributed by atoms with Crippen LogP contribution in [0.4, 0.5) is 0 Å². The van der Waals surface area contributed by atoms with Crippen molar-refractivity contribution in [3.05, 3.63) is 71.6 Å². The summed E-state index contributed by atoms with van der Waals surface area (Å²) in [5.41, 5.74) is 3.72. The Morgan fingerprint density at radius 2 is 1.45 bits per heavy atom. The lowest BCUT2D eigenvalue weighted by molar-refractivity contribution is 0.0697. The maximum absolute atomic E-state index is 10.9. The standard InChI is InChI=1S/C17H12O2S/c18-17(19)15-10-16(20-11-15)14-8-6-13(7-9-14)12-4-2-1-3-5-12/h1-11H,(H,18,19). The molecule has 0 aliphatic carbocycles. The topological polar surface area (TPSA) is 37.3 Å². The van der Waals surface area contributed by atoms with E-state index in [4.69, 9.17) is 5.11 Å². The largest absolute Gasteiger partial charge is 0.478 e. The molecule has 0 radical (unpaired) electrons. The summed E-state index contributed by atoms with van der Waals surface area (Å²) in [6.07, 6.45) is 0. The smallest absolute Gasteiger partial charge is 0.336 e. The molecule has 3 aromatic rings. The maximum Gasteiger partial charge on any atom is 0.336 e.